The Hall–Kier alpha value is -2.34. The van der Waals surface area contributed by atoms with Crippen LogP contribution in [0.4, 0.5) is 13.2 Å². The average Bonchev–Trinajstić information content (AvgIpc) is 2.61. The maximum absolute atomic E-state index is 12.8. The average molecular weight is 348 g/mol. The van der Waals surface area contributed by atoms with Crippen molar-refractivity contribution in [2.45, 2.75) is 24.9 Å². The van der Waals surface area contributed by atoms with E-state index in [2.05, 4.69) is 5.32 Å². The second-order valence-corrected chi connectivity index (χ2v) is 6.23. The topological polar surface area (TPSA) is 55.1 Å². The molecule has 1 aliphatic rings. The highest BCUT2D eigenvalue weighted by molar-refractivity contribution is 6.01. The SMILES string of the molecule is NC(=O)c1c(-c2ccc(C(F)(F)F)cc2)cccc1C1CCNCC1. The molecule has 2 aromatic carbocycles. The van der Waals surface area contributed by atoms with E-state index in [-0.39, 0.29) is 5.92 Å². The number of halogens is 3. The van der Waals surface area contributed by atoms with Crippen LogP contribution < -0.4 is 11.1 Å². The number of hydrogen-bond acceptors (Lipinski definition) is 2. The molecule has 0 unspecified atom stereocenters. The van der Waals surface area contributed by atoms with E-state index in [9.17, 15) is 18.0 Å². The second-order valence-electron chi connectivity index (χ2n) is 6.23. The lowest BCUT2D eigenvalue weighted by Gasteiger charge is -2.25. The second kappa shape index (κ2) is 6.88. The van der Waals surface area contributed by atoms with Crippen molar-refractivity contribution in [2.75, 3.05) is 13.1 Å². The van der Waals surface area contributed by atoms with Crippen LogP contribution >= 0.6 is 0 Å². The summed E-state index contributed by atoms with van der Waals surface area (Å²) in [6, 6.07) is 10.3. The molecular weight excluding hydrogens is 329 g/mol. The molecule has 0 atom stereocenters. The van der Waals surface area contributed by atoms with Gasteiger partial charge in [0, 0.05) is 0 Å². The van der Waals surface area contributed by atoms with Crippen molar-refractivity contribution >= 4 is 5.91 Å². The largest absolute Gasteiger partial charge is 0.416 e. The standard InChI is InChI=1S/C19H19F3N2O/c20-19(21,22)14-6-4-12(5-7-14)15-2-1-3-16(17(15)18(23)25)13-8-10-24-11-9-13/h1-7,13,24H,8-11H2,(H2,23,25). The summed E-state index contributed by atoms with van der Waals surface area (Å²) in [5, 5.41) is 3.28. The van der Waals surface area contributed by atoms with Crippen molar-refractivity contribution in [3.05, 3.63) is 59.2 Å². The number of nitrogens with one attached hydrogen (secondary N) is 1. The zero-order chi connectivity index (χ0) is 18.0. The summed E-state index contributed by atoms with van der Waals surface area (Å²) in [5.41, 5.74) is 7.33. The zero-order valence-corrected chi connectivity index (χ0v) is 13.6. The number of piperidine rings is 1. The Morgan fingerprint density at radius 1 is 1.04 bits per heavy atom. The molecule has 1 amide bonds. The molecular formula is C19H19F3N2O. The van der Waals surface area contributed by atoms with Crippen LogP contribution in [0.2, 0.25) is 0 Å². The molecule has 1 fully saturated rings. The summed E-state index contributed by atoms with van der Waals surface area (Å²) in [6.07, 6.45) is -2.59. The first-order valence-electron chi connectivity index (χ1n) is 8.19. The minimum absolute atomic E-state index is 0.221. The lowest BCUT2D eigenvalue weighted by atomic mass is 9.83. The van der Waals surface area contributed by atoms with Crippen LogP contribution in [0.15, 0.2) is 42.5 Å². The van der Waals surface area contributed by atoms with Gasteiger partial charge in [0.25, 0.3) is 0 Å². The van der Waals surface area contributed by atoms with E-state index in [4.69, 9.17) is 5.73 Å². The van der Waals surface area contributed by atoms with Crippen LogP contribution in [0.3, 0.4) is 0 Å². The van der Waals surface area contributed by atoms with Crippen LogP contribution in [0.5, 0.6) is 0 Å². The van der Waals surface area contributed by atoms with Crippen LogP contribution in [0.1, 0.15) is 40.2 Å². The maximum Gasteiger partial charge on any atom is 0.416 e. The van der Waals surface area contributed by atoms with Crippen molar-refractivity contribution in [1.29, 1.82) is 0 Å². The van der Waals surface area contributed by atoms with Crippen molar-refractivity contribution < 1.29 is 18.0 Å². The summed E-state index contributed by atoms with van der Waals surface area (Å²) < 4.78 is 38.3. The molecule has 25 heavy (non-hydrogen) atoms. The highest BCUT2D eigenvalue weighted by Crippen LogP contribution is 2.35. The normalized spacial score (nSPS) is 16.0. The fourth-order valence-electron chi connectivity index (χ4n) is 3.40. The smallest absolute Gasteiger partial charge is 0.366 e. The Bertz CT molecular complexity index is 763. The molecule has 6 heteroatoms. The molecule has 1 saturated heterocycles. The first kappa shape index (κ1) is 17.5. The van der Waals surface area contributed by atoms with E-state index >= 15 is 0 Å². The number of carbonyl (C=O) groups is 1. The van der Waals surface area contributed by atoms with E-state index in [1.807, 2.05) is 12.1 Å². The van der Waals surface area contributed by atoms with Gasteiger partial charge in [-0.15, -0.1) is 0 Å². The number of amides is 1. The predicted octanol–water partition coefficient (Wildman–Crippen LogP) is 3.94. The molecule has 132 valence electrons. The molecule has 3 nitrogen and oxygen atoms in total. The van der Waals surface area contributed by atoms with Gasteiger partial charge in [-0.2, -0.15) is 13.2 Å². The lowest BCUT2D eigenvalue weighted by Crippen LogP contribution is -2.28. The van der Waals surface area contributed by atoms with Crippen LogP contribution in [-0.2, 0) is 6.18 Å². The number of carbonyl (C=O) groups excluding carboxylic acids is 1. The predicted molar refractivity (Wildman–Crippen MR) is 90.2 cm³/mol. The number of hydrogen-bond donors (Lipinski definition) is 2. The van der Waals surface area contributed by atoms with Crippen molar-refractivity contribution in [3.63, 3.8) is 0 Å². The van der Waals surface area contributed by atoms with Gasteiger partial charge in [0.15, 0.2) is 0 Å². The molecule has 0 aromatic heterocycles. The molecule has 0 bridgehead atoms. The first-order chi connectivity index (χ1) is 11.9. The third kappa shape index (κ3) is 3.69. The van der Waals surface area contributed by atoms with Crippen LogP contribution in [0.25, 0.3) is 11.1 Å². The molecule has 1 aliphatic heterocycles. The third-order valence-corrected chi connectivity index (χ3v) is 4.65. The Morgan fingerprint density at radius 2 is 1.68 bits per heavy atom. The number of benzene rings is 2. The molecule has 3 N–H and O–H groups in total. The van der Waals surface area contributed by atoms with Gasteiger partial charge in [-0.05, 0) is 60.7 Å². The van der Waals surface area contributed by atoms with E-state index in [0.717, 1.165) is 43.6 Å². The van der Waals surface area contributed by atoms with Crippen molar-refractivity contribution in [3.8, 4) is 11.1 Å². The molecule has 0 saturated carbocycles. The lowest BCUT2D eigenvalue weighted by molar-refractivity contribution is -0.137. The van der Waals surface area contributed by atoms with Gasteiger partial charge in [0.2, 0.25) is 5.91 Å². The number of rotatable bonds is 3. The highest BCUT2D eigenvalue weighted by atomic mass is 19.4. The van der Waals surface area contributed by atoms with Gasteiger partial charge in [-0.3, -0.25) is 4.79 Å². The summed E-state index contributed by atoms with van der Waals surface area (Å²) in [6.45, 7) is 1.74. The third-order valence-electron chi connectivity index (χ3n) is 4.65. The fourth-order valence-corrected chi connectivity index (χ4v) is 3.40. The van der Waals surface area contributed by atoms with Gasteiger partial charge >= 0.3 is 6.18 Å². The van der Waals surface area contributed by atoms with Gasteiger partial charge in [-0.25, -0.2) is 0 Å². The van der Waals surface area contributed by atoms with E-state index in [1.54, 1.807) is 6.07 Å². The molecule has 0 radical (unpaired) electrons. The Labute approximate surface area is 144 Å². The summed E-state index contributed by atoms with van der Waals surface area (Å²) in [7, 11) is 0. The first-order valence-corrected chi connectivity index (χ1v) is 8.19. The van der Waals surface area contributed by atoms with E-state index in [0.29, 0.717) is 16.7 Å². The van der Waals surface area contributed by atoms with Gasteiger partial charge in [0.1, 0.15) is 0 Å². The summed E-state index contributed by atoms with van der Waals surface area (Å²) in [4.78, 5) is 12.1. The van der Waals surface area contributed by atoms with Crippen LogP contribution in [-0.4, -0.2) is 19.0 Å². The van der Waals surface area contributed by atoms with E-state index in [1.165, 1.54) is 12.1 Å². The van der Waals surface area contributed by atoms with Gasteiger partial charge in [-0.1, -0.05) is 30.3 Å². The molecule has 1 heterocycles. The zero-order valence-electron chi connectivity index (χ0n) is 13.6. The molecule has 2 aromatic rings. The summed E-state index contributed by atoms with van der Waals surface area (Å²) >= 11 is 0. The minimum Gasteiger partial charge on any atom is -0.366 e. The van der Waals surface area contributed by atoms with Crippen molar-refractivity contribution in [2.24, 2.45) is 5.73 Å². The minimum atomic E-state index is -4.39. The fraction of sp³-hybridized carbons (Fsp3) is 0.316. The number of alkyl halides is 3. The maximum atomic E-state index is 12.8. The highest BCUT2D eigenvalue weighted by Gasteiger charge is 2.30. The number of nitrogens with two attached hydrogens (primary N) is 1. The monoisotopic (exact) mass is 348 g/mol. The van der Waals surface area contributed by atoms with Crippen LogP contribution in [0, 0.1) is 0 Å². The quantitative estimate of drug-likeness (QED) is 0.883. The van der Waals surface area contributed by atoms with Gasteiger partial charge in [0.05, 0.1) is 11.1 Å². The van der Waals surface area contributed by atoms with Crippen molar-refractivity contribution in [1.82, 2.24) is 5.32 Å². The molecule has 0 spiro atoms. The van der Waals surface area contributed by atoms with E-state index < -0.39 is 17.6 Å². The Morgan fingerprint density at radius 3 is 2.24 bits per heavy atom. The Balaban J connectivity index is 2.05. The van der Waals surface area contributed by atoms with Gasteiger partial charge < -0.3 is 11.1 Å². The number of primary amides is 1. The molecule has 3 rings (SSSR count). The summed E-state index contributed by atoms with van der Waals surface area (Å²) in [5.74, 6) is -0.331. The Kier molecular flexibility index (Phi) is 4.81. The molecule has 0 aliphatic carbocycles.